The van der Waals surface area contributed by atoms with Crippen molar-refractivity contribution in [3.63, 3.8) is 0 Å². The molecule has 0 fully saturated rings. The van der Waals surface area contributed by atoms with Crippen LogP contribution < -0.4 is 5.32 Å². The molecule has 0 bridgehead atoms. The van der Waals surface area contributed by atoms with Crippen LogP contribution in [0.15, 0.2) is 18.7 Å². The molecule has 0 aromatic carbocycles. The summed E-state index contributed by atoms with van der Waals surface area (Å²) >= 11 is 0. The molecule has 0 aliphatic heterocycles. The van der Waals surface area contributed by atoms with E-state index >= 15 is 0 Å². The summed E-state index contributed by atoms with van der Waals surface area (Å²) in [5.74, 6) is 0. The molecule has 0 aliphatic rings. The summed E-state index contributed by atoms with van der Waals surface area (Å²) in [6.45, 7) is 16.6. The van der Waals surface area contributed by atoms with E-state index < -0.39 is 0 Å². The molecular formula is C19H40N4O. The zero-order valence-electron chi connectivity index (χ0n) is 16.8. The first-order valence-corrected chi connectivity index (χ1v) is 9.76. The van der Waals surface area contributed by atoms with Gasteiger partial charge in [-0.3, -0.25) is 4.57 Å². The summed E-state index contributed by atoms with van der Waals surface area (Å²) in [4.78, 5) is 18.1. The van der Waals surface area contributed by atoms with Gasteiger partial charge in [-0.2, -0.15) is 0 Å². The van der Waals surface area contributed by atoms with Crippen molar-refractivity contribution in [3.05, 3.63) is 18.7 Å². The predicted octanol–water partition coefficient (Wildman–Crippen LogP) is 4.79. The number of unbranched alkanes of at least 4 members (excludes halogenated alkanes) is 2. The summed E-state index contributed by atoms with van der Waals surface area (Å²) in [6.07, 6.45) is 10.8. The van der Waals surface area contributed by atoms with E-state index in [0.717, 1.165) is 13.0 Å². The van der Waals surface area contributed by atoms with Gasteiger partial charge in [0.05, 0.1) is 0 Å². The zero-order chi connectivity index (χ0) is 18.6. The molecule has 0 saturated carbocycles. The van der Waals surface area contributed by atoms with E-state index in [0.29, 0.717) is 6.54 Å². The minimum absolute atomic E-state index is 0.101. The van der Waals surface area contributed by atoms with Crippen LogP contribution in [0.3, 0.4) is 0 Å². The summed E-state index contributed by atoms with van der Waals surface area (Å²) in [5.41, 5.74) is 0. The third-order valence-corrected chi connectivity index (χ3v) is 3.32. The van der Waals surface area contributed by atoms with Gasteiger partial charge >= 0.3 is 6.03 Å². The fraction of sp³-hybridized carbons (Fsp3) is 0.789. The highest BCUT2D eigenvalue weighted by atomic mass is 16.2. The Hall–Kier alpha value is -1.36. The van der Waals surface area contributed by atoms with Crippen LogP contribution in [0.25, 0.3) is 0 Å². The standard InChI is InChI=1S/C15H28N4O.2C2H6/c1-3-5-10-18(11-6-4-2)12-7-8-17-15(20)19-13-9-16-14-19;2*1-2/h9,13-14H,3-8,10-12H2,1-2H3,(H,17,20);2*1-2H3. The Morgan fingerprint density at radius 1 is 1.00 bits per heavy atom. The van der Waals surface area contributed by atoms with Crippen molar-refractivity contribution in [1.82, 2.24) is 19.8 Å². The number of amides is 1. The predicted molar refractivity (Wildman–Crippen MR) is 105 cm³/mol. The largest absolute Gasteiger partial charge is 0.337 e. The maximum Gasteiger partial charge on any atom is 0.326 e. The van der Waals surface area contributed by atoms with Crippen LogP contribution in [-0.2, 0) is 0 Å². The summed E-state index contributed by atoms with van der Waals surface area (Å²) in [7, 11) is 0. The second-order valence-corrected chi connectivity index (χ2v) is 5.10. The molecule has 1 heterocycles. The highest BCUT2D eigenvalue weighted by molar-refractivity contribution is 5.76. The van der Waals surface area contributed by atoms with Crippen LogP contribution in [-0.4, -0.2) is 46.7 Å². The zero-order valence-corrected chi connectivity index (χ0v) is 16.8. The number of nitrogens with one attached hydrogen (secondary N) is 1. The number of hydrogen-bond donors (Lipinski definition) is 1. The highest BCUT2D eigenvalue weighted by Gasteiger charge is 2.05. The van der Waals surface area contributed by atoms with Crippen LogP contribution >= 0.6 is 0 Å². The minimum atomic E-state index is -0.101. The molecule has 1 N–H and O–H groups in total. The van der Waals surface area contributed by atoms with Gasteiger partial charge in [0.25, 0.3) is 0 Å². The molecule has 142 valence electrons. The van der Waals surface area contributed by atoms with Gasteiger partial charge in [-0.25, -0.2) is 9.78 Å². The van der Waals surface area contributed by atoms with Crippen LogP contribution in [0.4, 0.5) is 4.79 Å². The van der Waals surface area contributed by atoms with Crippen LogP contribution in [0.1, 0.15) is 73.6 Å². The summed E-state index contributed by atoms with van der Waals surface area (Å²) in [6, 6.07) is -0.101. The molecule has 1 aromatic heterocycles. The average molecular weight is 341 g/mol. The lowest BCUT2D eigenvalue weighted by molar-refractivity contribution is 0.238. The van der Waals surface area contributed by atoms with Gasteiger partial charge in [-0.05, 0) is 38.9 Å². The fourth-order valence-corrected chi connectivity index (χ4v) is 2.07. The normalized spacial score (nSPS) is 9.62. The Morgan fingerprint density at radius 2 is 1.54 bits per heavy atom. The van der Waals surface area contributed by atoms with Crippen molar-refractivity contribution in [2.45, 2.75) is 73.6 Å². The topological polar surface area (TPSA) is 50.2 Å². The second-order valence-electron chi connectivity index (χ2n) is 5.10. The fourth-order valence-electron chi connectivity index (χ4n) is 2.07. The molecule has 5 nitrogen and oxygen atoms in total. The van der Waals surface area contributed by atoms with Crippen molar-refractivity contribution in [1.29, 1.82) is 0 Å². The van der Waals surface area contributed by atoms with Crippen molar-refractivity contribution in [3.8, 4) is 0 Å². The van der Waals surface area contributed by atoms with Gasteiger partial charge in [-0.15, -0.1) is 0 Å². The third kappa shape index (κ3) is 13.1. The summed E-state index contributed by atoms with van der Waals surface area (Å²) in [5, 5.41) is 2.91. The lowest BCUT2D eigenvalue weighted by atomic mass is 10.2. The smallest absolute Gasteiger partial charge is 0.326 e. The number of imidazole rings is 1. The van der Waals surface area contributed by atoms with Gasteiger partial charge in [0, 0.05) is 18.9 Å². The summed E-state index contributed by atoms with van der Waals surface area (Å²) < 4.78 is 1.46. The lowest BCUT2D eigenvalue weighted by Crippen LogP contribution is -2.32. The van der Waals surface area contributed by atoms with Crippen molar-refractivity contribution in [2.75, 3.05) is 26.2 Å². The average Bonchev–Trinajstić information content (AvgIpc) is 3.18. The molecule has 0 saturated heterocycles. The number of carbonyl (C=O) groups excluding carboxylic acids is 1. The van der Waals surface area contributed by atoms with E-state index in [1.165, 1.54) is 49.7 Å². The Labute approximate surface area is 149 Å². The lowest BCUT2D eigenvalue weighted by Gasteiger charge is -2.21. The molecule has 0 atom stereocenters. The second kappa shape index (κ2) is 19.7. The van der Waals surface area contributed by atoms with Gasteiger partial charge < -0.3 is 10.2 Å². The number of rotatable bonds is 10. The van der Waals surface area contributed by atoms with Crippen LogP contribution in [0, 0.1) is 0 Å². The van der Waals surface area contributed by atoms with Crippen LogP contribution in [0.2, 0.25) is 0 Å². The molecule has 24 heavy (non-hydrogen) atoms. The van der Waals surface area contributed by atoms with Gasteiger partial charge in [-0.1, -0.05) is 54.4 Å². The van der Waals surface area contributed by atoms with Crippen molar-refractivity contribution < 1.29 is 4.79 Å². The first-order chi connectivity index (χ1) is 11.8. The molecule has 0 spiro atoms. The van der Waals surface area contributed by atoms with E-state index in [4.69, 9.17) is 0 Å². The molecule has 1 aromatic rings. The molecule has 5 heteroatoms. The minimum Gasteiger partial charge on any atom is -0.337 e. The molecule has 0 unspecified atom stereocenters. The quantitative estimate of drug-likeness (QED) is 0.623. The number of carbonyl (C=O) groups is 1. The number of hydrogen-bond acceptors (Lipinski definition) is 3. The Balaban J connectivity index is 0. The first kappa shape index (κ1) is 24.9. The first-order valence-electron chi connectivity index (χ1n) is 9.76. The molecule has 1 amide bonds. The highest BCUT2D eigenvalue weighted by Crippen LogP contribution is 2.00. The molecular weight excluding hydrogens is 300 g/mol. The molecule has 1 rings (SSSR count). The van der Waals surface area contributed by atoms with E-state index in [1.807, 2.05) is 27.7 Å². The van der Waals surface area contributed by atoms with Crippen molar-refractivity contribution in [2.24, 2.45) is 0 Å². The van der Waals surface area contributed by atoms with E-state index in [-0.39, 0.29) is 6.03 Å². The molecule has 0 aliphatic carbocycles. The Bertz CT molecular complexity index is 344. The van der Waals surface area contributed by atoms with Crippen LogP contribution in [0.5, 0.6) is 0 Å². The number of aromatic nitrogens is 2. The maximum absolute atomic E-state index is 11.7. The maximum atomic E-state index is 11.7. The Morgan fingerprint density at radius 3 is 2.00 bits per heavy atom. The number of nitrogens with zero attached hydrogens (tertiary/aromatic N) is 3. The van der Waals surface area contributed by atoms with Gasteiger partial charge in [0.1, 0.15) is 6.33 Å². The monoisotopic (exact) mass is 340 g/mol. The van der Waals surface area contributed by atoms with E-state index in [2.05, 4.69) is 29.0 Å². The van der Waals surface area contributed by atoms with E-state index in [1.54, 1.807) is 12.4 Å². The SMILES string of the molecule is CC.CC.CCCCN(CCCC)CCCNC(=O)n1ccnc1. The Kier molecular flexibility index (Phi) is 20.4. The van der Waals surface area contributed by atoms with Gasteiger partial charge in [0.15, 0.2) is 0 Å². The van der Waals surface area contributed by atoms with Crippen molar-refractivity contribution >= 4 is 6.03 Å². The van der Waals surface area contributed by atoms with E-state index in [9.17, 15) is 4.79 Å². The van der Waals surface area contributed by atoms with Gasteiger partial charge in [0.2, 0.25) is 0 Å². The third-order valence-electron chi connectivity index (χ3n) is 3.32. The molecule has 0 radical (unpaired) electrons.